The maximum absolute atomic E-state index is 10.7. The highest BCUT2D eigenvalue weighted by Crippen LogP contribution is 1.90. The van der Waals surface area contributed by atoms with Gasteiger partial charge in [0, 0.05) is 6.20 Å². The SMILES string of the molecule is NNc1ccc[nH]c1=O. The minimum Gasteiger partial charge on any atom is -0.327 e. The molecule has 0 atom stereocenters. The molecule has 48 valence electrons. The number of hydrogen-bond donors (Lipinski definition) is 3. The van der Waals surface area contributed by atoms with Gasteiger partial charge in [-0.05, 0) is 12.1 Å². The average Bonchev–Trinajstić information content (AvgIpc) is 1.89. The number of nitrogens with two attached hydrogens (primary N) is 1. The Kier molecular flexibility index (Phi) is 1.51. The lowest BCUT2D eigenvalue weighted by Gasteiger charge is -1.93. The first-order valence-corrected chi connectivity index (χ1v) is 2.49. The van der Waals surface area contributed by atoms with Gasteiger partial charge in [0.2, 0.25) is 0 Å². The van der Waals surface area contributed by atoms with E-state index in [4.69, 9.17) is 5.84 Å². The number of rotatable bonds is 1. The third kappa shape index (κ3) is 1.09. The van der Waals surface area contributed by atoms with Crippen LogP contribution >= 0.6 is 0 Å². The summed E-state index contributed by atoms with van der Waals surface area (Å²) in [6.45, 7) is 0. The Hall–Kier alpha value is -1.29. The fourth-order valence-corrected chi connectivity index (χ4v) is 0.535. The standard InChI is InChI=1S/C5H7N3O/c6-8-4-2-1-3-7-5(4)9/h1-3,8H,6H2,(H,7,9). The van der Waals surface area contributed by atoms with Crippen LogP contribution in [0.1, 0.15) is 0 Å². The van der Waals surface area contributed by atoms with E-state index in [0.29, 0.717) is 5.69 Å². The second-order valence-corrected chi connectivity index (χ2v) is 1.56. The molecule has 1 rings (SSSR count). The van der Waals surface area contributed by atoms with Crippen molar-refractivity contribution in [1.82, 2.24) is 4.98 Å². The first-order valence-electron chi connectivity index (χ1n) is 2.49. The van der Waals surface area contributed by atoms with Crippen molar-refractivity contribution in [2.75, 3.05) is 5.43 Å². The molecule has 0 aliphatic carbocycles. The number of pyridine rings is 1. The molecule has 0 bridgehead atoms. The van der Waals surface area contributed by atoms with Gasteiger partial charge in [-0.3, -0.25) is 10.6 Å². The van der Waals surface area contributed by atoms with E-state index in [0.717, 1.165) is 0 Å². The molecule has 0 radical (unpaired) electrons. The predicted molar refractivity (Wildman–Crippen MR) is 34.9 cm³/mol. The van der Waals surface area contributed by atoms with E-state index in [-0.39, 0.29) is 5.56 Å². The van der Waals surface area contributed by atoms with Gasteiger partial charge in [-0.2, -0.15) is 0 Å². The van der Waals surface area contributed by atoms with Crippen LogP contribution in [0.5, 0.6) is 0 Å². The maximum Gasteiger partial charge on any atom is 0.272 e. The van der Waals surface area contributed by atoms with Crippen LogP contribution in [-0.2, 0) is 0 Å². The monoisotopic (exact) mass is 125 g/mol. The highest BCUT2D eigenvalue weighted by Gasteiger charge is 1.89. The van der Waals surface area contributed by atoms with Crippen molar-refractivity contribution in [3.63, 3.8) is 0 Å². The minimum atomic E-state index is -0.208. The van der Waals surface area contributed by atoms with Crippen molar-refractivity contribution in [2.24, 2.45) is 5.84 Å². The van der Waals surface area contributed by atoms with Gasteiger partial charge in [-0.15, -0.1) is 0 Å². The van der Waals surface area contributed by atoms with Crippen LogP contribution in [0.15, 0.2) is 23.1 Å². The third-order valence-electron chi connectivity index (χ3n) is 0.974. The molecule has 9 heavy (non-hydrogen) atoms. The molecule has 4 nitrogen and oxygen atoms in total. The average molecular weight is 125 g/mol. The zero-order valence-electron chi connectivity index (χ0n) is 4.72. The Balaban J connectivity index is 3.16. The van der Waals surface area contributed by atoms with Crippen molar-refractivity contribution >= 4 is 5.69 Å². The van der Waals surface area contributed by atoms with E-state index in [2.05, 4.69) is 10.4 Å². The zero-order valence-corrected chi connectivity index (χ0v) is 4.72. The summed E-state index contributed by atoms with van der Waals surface area (Å²) in [5.41, 5.74) is 2.42. The number of aromatic nitrogens is 1. The van der Waals surface area contributed by atoms with E-state index >= 15 is 0 Å². The Morgan fingerprint density at radius 1 is 1.67 bits per heavy atom. The molecule has 0 unspecified atom stereocenters. The number of nitrogen functional groups attached to an aromatic ring is 1. The van der Waals surface area contributed by atoms with Crippen LogP contribution in [0.3, 0.4) is 0 Å². The molecule has 0 amide bonds. The van der Waals surface area contributed by atoms with Gasteiger partial charge >= 0.3 is 0 Å². The van der Waals surface area contributed by atoms with Crippen LogP contribution in [-0.4, -0.2) is 4.98 Å². The molecular weight excluding hydrogens is 118 g/mol. The van der Waals surface area contributed by atoms with Crippen LogP contribution in [0.2, 0.25) is 0 Å². The van der Waals surface area contributed by atoms with Gasteiger partial charge in [0.05, 0.1) is 0 Å². The molecule has 1 aromatic heterocycles. The van der Waals surface area contributed by atoms with Crippen LogP contribution in [0.4, 0.5) is 5.69 Å². The Morgan fingerprint density at radius 3 is 2.89 bits per heavy atom. The number of hydrazine groups is 1. The van der Waals surface area contributed by atoms with E-state index in [1.165, 1.54) is 0 Å². The summed E-state index contributed by atoms with van der Waals surface area (Å²) in [7, 11) is 0. The molecule has 0 aliphatic heterocycles. The first-order chi connectivity index (χ1) is 4.34. The molecule has 4 N–H and O–H groups in total. The topological polar surface area (TPSA) is 70.9 Å². The lowest BCUT2D eigenvalue weighted by Crippen LogP contribution is -2.17. The zero-order chi connectivity index (χ0) is 6.69. The summed E-state index contributed by atoms with van der Waals surface area (Å²) >= 11 is 0. The van der Waals surface area contributed by atoms with Gasteiger partial charge < -0.3 is 10.4 Å². The molecule has 0 saturated carbocycles. The third-order valence-corrected chi connectivity index (χ3v) is 0.974. The van der Waals surface area contributed by atoms with Gasteiger partial charge in [0.15, 0.2) is 0 Å². The highest BCUT2D eigenvalue weighted by molar-refractivity contribution is 5.37. The molecule has 1 aromatic rings. The number of nitrogens with one attached hydrogen (secondary N) is 2. The molecule has 0 fully saturated rings. The first kappa shape index (κ1) is 5.84. The van der Waals surface area contributed by atoms with Gasteiger partial charge in [0.25, 0.3) is 5.56 Å². The Bertz CT molecular complexity index is 242. The molecular formula is C5H7N3O. The Morgan fingerprint density at radius 2 is 2.44 bits per heavy atom. The van der Waals surface area contributed by atoms with Crippen molar-refractivity contribution in [3.05, 3.63) is 28.7 Å². The second-order valence-electron chi connectivity index (χ2n) is 1.56. The molecule has 0 spiro atoms. The molecule has 0 aliphatic rings. The summed E-state index contributed by atoms with van der Waals surface area (Å²) in [5, 5.41) is 0. The maximum atomic E-state index is 10.7. The van der Waals surface area contributed by atoms with Crippen LogP contribution in [0.25, 0.3) is 0 Å². The van der Waals surface area contributed by atoms with E-state index in [1.54, 1.807) is 18.3 Å². The normalized spacial score (nSPS) is 9.00. The molecule has 0 aromatic carbocycles. The second kappa shape index (κ2) is 2.32. The van der Waals surface area contributed by atoms with E-state index in [1.807, 2.05) is 0 Å². The molecule has 1 heterocycles. The van der Waals surface area contributed by atoms with Gasteiger partial charge in [-0.25, -0.2) is 0 Å². The number of anilines is 1. The smallest absolute Gasteiger partial charge is 0.272 e. The summed E-state index contributed by atoms with van der Waals surface area (Å²) in [6, 6.07) is 3.29. The molecule has 4 heteroatoms. The predicted octanol–water partition coefficient (Wildman–Crippen LogP) is -0.339. The molecule has 0 saturated heterocycles. The fourth-order valence-electron chi connectivity index (χ4n) is 0.535. The van der Waals surface area contributed by atoms with Crippen molar-refractivity contribution in [3.8, 4) is 0 Å². The number of aromatic amines is 1. The van der Waals surface area contributed by atoms with Crippen molar-refractivity contribution < 1.29 is 0 Å². The van der Waals surface area contributed by atoms with Crippen molar-refractivity contribution in [2.45, 2.75) is 0 Å². The quantitative estimate of drug-likeness (QED) is 0.355. The van der Waals surface area contributed by atoms with Gasteiger partial charge in [0.1, 0.15) is 5.69 Å². The van der Waals surface area contributed by atoms with Gasteiger partial charge in [-0.1, -0.05) is 0 Å². The fraction of sp³-hybridized carbons (Fsp3) is 0. The summed E-state index contributed by atoms with van der Waals surface area (Å²) in [6.07, 6.45) is 1.54. The van der Waals surface area contributed by atoms with E-state index in [9.17, 15) is 4.79 Å². The number of hydrogen-bond acceptors (Lipinski definition) is 3. The number of H-pyrrole nitrogens is 1. The largest absolute Gasteiger partial charge is 0.327 e. The van der Waals surface area contributed by atoms with Crippen LogP contribution in [0, 0.1) is 0 Å². The Labute approximate surface area is 51.7 Å². The van der Waals surface area contributed by atoms with Crippen molar-refractivity contribution in [1.29, 1.82) is 0 Å². The summed E-state index contributed by atoms with van der Waals surface area (Å²) in [5.74, 6) is 4.98. The van der Waals surface area contributed by atoms with Crippen LogP contribution < -0.4 is 16.8 Å². The lowest BCUT2D eigenvalue weighted by atomic mass is 10.4. The minimum absolute atomic E-state index is 0.208. The van der Waals surface area contributed by atoms with E-state index < -0.39 is 0 Å². The summed E-state index contributed by atoms with van der Waals surface area (Å²) < 4.78 is 0. The lowest BCUT2D eigenvalue weighted by molar-refractivity contribution is 1.20. The summed E-state index contributed by atoms with van der Waals surface area (Å²) in [4.78, 5) is 13.1. The highest BCUT2D eigenvalue weighted by atomic mass is 16.1.